The molecule has 0 radical (unpaired) electrons. The van der Waals surface area contributed by atoms with Gasteiger partial charge in [-0.15, -0.1) is 11.8 Å². The topological polar surface area (TPSA) is 17.1 Å². The minimum absolute atomic E-state index is 0.183. The van der Waals surface area contributed by atoms with E-state index in [1.54, 1.807) is 18.7 Å². The molecule has 12 heavy (non-hydrogen) atoms. The normalized spacial score (nSPS) is 12.8. The van der Waals surface area contributed by atoms with Crippen molar-refractivity contribution in [2.24, 2.45) is 5.92 Å². The monoisotopic (exact) mass is 186 g/mol. The van der Waals surface area contributed by atoms with Gasteiger partial charge in [0, 0.05) is 10.2 Å². The van der Waals surface area contributed by atoms with Gasteiger partial charge in [-0.05, 0) is 12.8 Å². The van der Waals surface area contributed by atoms with Gasteiger partial charge in [0.25, 0.3) is 0 Å². The molecule has 0 rings (SSSR count). The van der Waals surface area contributed by atoms with Gasteiger partial charge in [0.1, 0.15) is 0 Å². The predicted octanol–water partition coefficient (Wildman–Crippen LogP) is 3.26. The van der Waals surface area contributed by atoms with E-state index in [9.17, 15) is 4.79 Å². The van der Waals surface area contributed by atoms with Crippen molar-refractivity contribution >= 4 is 17.5 Å². The number of hydrogen-bond acceptors (Lipinski definition) is 2. The molecule has 0 amide bonds. The summed E-state index contributed by atoms with van der Waals surface area (Å²) in [5, 5.41) is 0.485. The summed E-state index contributed by atoms with van der Waals surface area (Å²) in [5.74, 6) is 0.637. The van der Waals surface area contributed by atoms with Crippen LogP contribution in [0.25, 0.3) is 0 Å². The Kier molecular flexibility index (Phi) is 5.31. The molecule has 0 unspecified atom stereocenters. The number of allylic oxidation sites excluding steroid dienone is 2. The summed E-state index contributed by atoms with van der Waals surface area (Å²) < 4.78 is 0. The number of carbonyl (C=O) groups excluding carboxylic acids is 1. The highest BCUT2D eigenvalue weighted by Crippen LogP contribution is 2.23. The fourth-order valence-electron chi connectivity index (χ4n) is 0.796. The van der Waals surface area contributed by atoms with Crippen LogP contribution < -0.4 is 0 Å². The molecule has 0 aliphatic rings. The Labute approximate surface area is 79.6 Å². The molecule has 0 atom stereocenters. The lowest BCUT2D eigenvalue weighted by Gasteiger charge is -2.07. The van der Waals surface area contributed by atoms with Crippen LogP contribution in [0.1, 0.15) is 34.6 Å². The van der Waals surface area contributed by atoms with Crippen LogP contribution in [0, 0.1) is 5.92 Å². The van der Waals surface area contributed by atoms with Crippen LogP contribution in [0.3, 0.4) is 0 Å². The number of Topliss-reactive ketones (excluding diaryl/α,β-unsaturated/α-hetero) is 1. The Morgan fingerprint density at radius 1 is 1.25 bits per heavy atom. The van der Waals surface area contributed by atoms with Gasteiger partial charge >= 0.3 is 0 Å². The first kappa shape index (κ1) is 11.8. The SMILES string of the molecule is CC(=O)/C(=C/C(C)C)SC(C)C. The van der Waals surface area contributed by atoms with Crippen LogP contribution >= 0.6 is 11.8 Å². The highest BCUT2D eigenvalue weighted by molar-refractivity contribution is 8.04. The lowest BCUT2D eigenvalue weighted by Crippen LogP contribution is -1.99. The summed E-state index contributed by atoms with van der Waals surface area (Å²) in [4.78, 5) is 12.0. The highest BCUT2D eigenvalue weighted by atomic mass is 32.2. The maximum Gasteiger partial charge on any atom is 0.165 e. The third-order valence-electron chi connectivity index (χ3n) is 1.19. The molecule has 0 aromatic carbocycles. The van der Waals surface area contributed by atoms with Gasteiger partial charge in [-0.2, -0.15) is 0 Å². The first-order valence-electron chi connectivity index (χ1n) is 4.33. The van der Waals surface area contributed by atoms with Crippen molar-refractivity contribution < 1.29 is 4.79 Å². The summed E-state index contributed by atoms with van der Waals surface area (Å²) in [6.45, 7) is 10.0. The van der Waals surface area contributed by atoms with E-state index in [2.05, 4.69) is 27.7 Å². The van der Waals surface area contributed by atoms with Crippen LogP contribution in [0.2, 0.25) is 0 Å². The molecule has 0 aromatic heterocycles. The van der Waals surface area contributed by atoms with Gasteiger partial charge in [-0.25, -0.2) is 0 Å². The Morgan fingerprint density at radius 2 is 1.75 bits per heavy atom. The Morgan fingerprint density at radius 3 is 2.00 bits per heavy atom. The molecule has 0 heterocycles. The van der Waals surface area contributed by atoms with Crippen molar-refractivity contribution in [3.8, 4) is 0 Å². The van der Waals surface area contributed by atoms with Crippen molar-refractivity contribution in [1.82, 2.24) is 0 Å². The molecule has 2 heteroatoms. The quantitative estimate of drug-likeness (QED) is 0.627. The summed E-state index contributed by atoms with van der Waals surface area (Å²) in [6, 6.07) is 0. The molecule has 0 saturated carbocycles. The number of thioether (sulfide) groups is 1. The Hall–Kier alpha value is -0.240. The van der Waals surface area contributed by atoms with Gasteiger partial charge in [0.05, 0.1) is 0 Å². The largest absolute Gasteiger partial charge is 0.294 e. The Balaban J connectivity index is 4.34. The van der Waals surface area contributed by atoms with Crippen LogP contribution in [0.15, 0.2) is 11.0 Å². The standard InChI is InChI=1S/C10H18OS/c1-7(2)6-10(9(5)11)12-8(3)4/h6-8H,1-5H3/b10-6-. The first-order valence-corrected chi connectivity index (χ1v) is 5.21. The molecule has 1 nitrogen and oxygen atoms in total. The van der Waals surface area contributed by atoms with Crippen LogP contribution in [0.5, 0.6) is 0 Å². The zero-order valence-electron chi connectivity index (χ0n) is 8.55. The zero-order chi connectivity index (χ0) is 9.72. The van der Waals surface area contributed by atoms with Crippen LogP contribution in [-0.2, 0) is 4.79 Å². The summed E-state index contributed by atoms with van der Waals surface area (Å²) in [6.07, 6.45) is 2.03. The molecule has 0 aliphatic heterocycles. The van der Waals surface area contributed by atoms with Gasteiger partial charge in [-0.3, -0.25) is 4.79 Å². The van der Waals surface area contributed by atoms with Gasteiger partial charge in [0.2, 0.25) is 0 Å². The molecule has 0 N–H and O–H groups in total. The van der Waals surface area contributed by atoms with E-state index in [4.69, 9.17) is 0 Å². The highest BCUT2D eigenvalue weighted by Gasteiger charge is 2.07. The summed E-state index contributed by atoms with van der Waals surface area (Å²) in [5.41, 5.74) is 0. The molecule has 0 aliphatic carbocycles. The number of hydrogen-bond donors (Lipinski definition) is 0. The molecular weight excluding hydrogens is 168 g/mol. The second-order valence-electron chi connectivity index (χ2n) is 3.50. The van der Waals surface area contributed by atoms with E-state index < -0.39 is 0 Å². The van der Waals surface area contributed by atoms with E-state index in [0.29, 0.717) is 11.2 Å². The molecule has 0 spiro atoms. The molecule has 0 aromatic rings. The van der Waals surface area contributed by atoms with Gasteiger partial charge < -0.3 is 0 Å². The Bertz CT molecular complexity index is 180. The molecular formula is C10H18OS. The number of rotatable bonds is 4. The molecule has 0 fully saturated rings. The summed E-state index contributed by atoms with van der Waals surface area (Å²) in [7, 11) is 0. The second kappa shape index (κ2) is 5.41. The van der Waals surface area contributed by atoms with Crippen molar-refractivity contribution in [3.63, 3.8) is 0 Å². The van der Waals surface area contributed by atoms with Gasteiger partial charge in [0.15, 0.2) is 5.78 Å². The molecule has 70 valence electrons. The minimum atomic E-state index is 0.183. The van der Waals surface area contributed by atoms with Crippen LogP contribution in [0.4, 0.5) is 0 Å². The molecule has 0 saturated heterocycles. The van der Waals surface area contributed by atoms with Crippen molar-refractivity contribution in [3.05, 3.63) is 11.0 Å². The van der Waals surface area contributed by atoms with Crippen molar-refractivity contribution in [2.75, 3.05) is 0 Å². The zero-order valence-corrected chi connectivity index (χ0v) is 9.37. The van der Waals surface area contributed by atoms with Gasteiger partial charge in [-0.1, -0.05) is 33.8 Å². The third kappa shape index (κ3) is 5.42. The lowest BCUT2D eigenvalue weighted by molar-refractivity contribution is -0.113. The maximum absolute atomic E-state index is 11.1. The minimum Gasteiger partial charge on any atom is -0.294 e. The van der Waals surface area contributed by atoms with Crippen molar-refractivity contribution in [2.45, 2.75) is 39.9 Å². The van der Waals surface area contributed by atoms with E-state index in [1.807, 2.05) is 6.08 Å². The summed E-state index contributed by atoms with van der Waals surface area (Å²) >= 11 is 1.65. The molecule has 0 bridgehead atoms. The average Bonchev–Trinajstić information content (AvgIpc) is 1.83. The van der Waals surface area contributed by atoms with E-state index in [0.717, 1.165) is 4.91 Å². The van der Waals surface area contributed by atoms with E-state index in [1.165, 1.54) is 0 Å². The lowest BCUT2D eigenvalue weighted by atomic mass is 10.2. The van der Waals surface area contributed by atoms with Crippen LogP contribution in [-0.4, -0.2) is 11.0 Å². The van der Waals surface area contributed by atoms with E-state index in [-0.39, 0.29) is 5.78 Å². The number of carbonyl (C=O) groups is 1. The van der Waals surface area contributed by atoms with E-state index >= 15 is 0 Å². The second-order valence-corrected chi connectivity index (χ2v) is 5.12. The predicted molar refractivity (Wildman–Crippen MR) is 56.3 cm³/mol. The maximum atomic E-state index is 11.1. The number of ketones is 1. The smallest absolute Gasteiger partial charge is 0.165 e. The fourth-order valence-corrected chi connectivity index (χ4v) is 1.82. The average molecular weight is 186 g/mol. The fraction of sp³-hybridized carbons (Fsp3) is 0.700. The first-order chi connectivity index (χ1) is 5.43. The van der Waals surface area contributed by atoms with Crippen molar-refractivity contribution in [1.29, 1.82) is 0 Å². The third-order valence-corrected chi connectivity index (χ3v) is 2.34.